The molecule has 90 valence electrons. The van der Waals surface area contributed by atoms with Crippen LogP contribution in [-0.2, 0) is 6.54 Å². The van der Waals surface area contributed by atoms with E-state index < -0.39 is 0 Å². The van der Waals surface area contributed by atoms with Crippen LogP contribution in [0, 0.1) is 6.92 Å². The average molecular weight is 259 g/mol. The topological polar surface area (TPSA) is 50.2 Å². The van der Waals surface area contributed by atoms with E-state index in [9.17, 15) is 0 Å². The lowest BCUT2D eigenvalue weighted by Gasteiger charge is -2.09. The molecule has 1 aromatic carbocycles. The van der Waals surface area contributed by atoms with E-state index in [0.29, 0.717) is 11.0 Å². The Hall–Kier alpha value is -1.94. The van der Waals surface area contributed by atoms with E-state index in [4.69, 9.17) is 11.6 Å². The van der Waals surface area contributed by atoms with Crippen molar-refractivity contribution in [3.63, 3.8) is 0 Å². The largest absolute Gasteiger partial charge is 0.340 e. The molecule has 5 heteroatoms. The van der Waals surface area contributed by atoms with Crippen molar-refractivity contribution in [3.8, 4) is 0 Å². The number of halogens is 1. The van der Waals surface area contributed by atoms with Crippen LogP contribution < -0.4 is 5.32 Å². The first kappa shape index (κ1) is 11.2. The molecule has 0 bridgehead atoms. The van der Waals surface area contributed by atoms with Crippen LogP contribution in [0.3, 0.4) is 0 Å². The highest BCUT2D eigenvalue weighted by Crippen LogP contribution is 2.25. The van der Waals surface area contributed by atoms with Crippen LogP contribution in [0.4, 0.5) is 11.5 Å². The maximum absolute atomic E-state index is 5.82. The second-order valence-electron chi connectivity index (χ2n) is 4.18. The maximum atomic E-state index is 5.82. The Kier molecular flexibility index (Phi) is 2.72. The third-order valence-electron chi connectivity index (χ3n) is 2.89. The molecule has 1 aliphatic rings. The lowest BCUT2D eigenvalue weighted by molar-refractivity contribution is 1.09. The van der Waals surface area contributed by atoms with Crippen molar-refractivity contribution >= 4 is 29.3 Å². The Balaban J connectivity index is 1.94. The number of fused-ring (bicyclic) bond motifs is 1. The van der Waals surface area contributed by atoms with Gasteiger partial charge in [-0.3, -0.25) is 4.99 Å². The van der Waals surface area contributed by atoms with Gasteiger partial charge in [0.1, 0.15) is 17.3 Å². The van der Waals surface area contributed by atoms with Crippen LogP contribution in [0.5, 0.6) is 0 Å². The molecule has 0 amide bonds. The van der Waals surface area contributed by atoms with Gasteiger partial charge in [-0.2, -0.15) is 0 Å². The lowest BCUT2D eigenvalue weighted by Crippen LogP contribution is -1.97. The zero-order valence-corrected chi connectivity index (χ0v) is 10.6. The summed E-state index contributed by atoms with van der Waals surface area (Å²) in [5, 5.41) is 3.64. The van der Waals surface area contributed by atoms with Crippen LogP contribution in [-0.4, -0.2) is 16.2 Å². The van der Waals surface area contributed by atoms with E-state index in [1.165, 1.54) is 17.5 Å². The van der Waals surface area contributed by atoms with Crippen molar-refractivity contribution in [2.24, 2.45) is 4.99 Å². The summed E-state index contributed by atoms with van der Waals surface area (Å²) in [4.78, 5) is 12.2. The van der Waals surface area contributed by atoms with Gasteiger partial charge in [-0.1, -0.05) is 11.6 Å². The van der Waals surface area contributed by atoms with Crippen LogP contribution in [0.2, 0.25) is 5.15 Å². The van der Waals surface area contributed by atoms with Crippen molar-refractivity contribution in [1.29, 1.82) is 0 Å². The Morgan fingerprint density at radius 2 is 2.11 bits per heavy atom. The number of aromatic nitrogens is 2. The van der Waals surface area contributed by atoms with Crippen LogP contribution in [0.1, 0.15) is 16.7 Å². The van der Waals surface area contributed by atoms with Crippen molar-refractivity contribution in [3.05, 3.63) is 46.4 Å². The average Bonchev–Trinajstić information content (AvgIpc) is 2.77. The normalized spacial score (nSPS) is 12.6. The summed E-state index contributed by atoms with van der Waals surface area (Å²) >= 11 is 5.82. The first-order valence-electron chi connectivity index (χ1n) is 5.60. The van der Waals surface area contributed by atoms with Gasteiger partial charge in [0, 0.05) is 18.0 Å². The Bertz CT molecular complexity index is 637. The number of aliphatic imine (C=N–C) groups is 1. The van der Waals surface area contributed by atoms with E-state index in [0.717, 1.165) is 17.8 Å². The van der Waals surface area contributed by atoms with Crippen LogP contribution in [0.25, 0.3) is 0 Å². The van der Waals surface area contributed by atoms with Gasteiger partial charge in [0.2, 0.25) is 0 Å². The molecule has 0 radical (unpaired) electrons. The SMILES string of the molecule is Cc1cc(Nc2cc(Cl)ncn2)cc2c1CN=C2. The number of anilines is 2. The highest BCUT2D eigenvalue weighted by Gasteiger charge is 2.10. The molecule has 2 heterocycles. The summed E-state index contributed by atoms with van der Waals surface area (Å²) in [6.45, 7) is 2.87. The number of benzene rings is 1. The molecule has 0 saturated heterocycles. The van der Waals surface area contributed by atoms with Gasteiger partial charge in [0.05, 0.1) is 6.54 Å². The van der Waals surface area contributed by atoms with Crippen LogP contribution in [0.15, 0.2) is 29.5 Å². The monoisotopic (exact) mass is 258 g/mol. The second kappa shape index (κ2) is 4.38. The molecule has 0 unspecified atom stereocenters. The fourth-order valence-corrected chi connectivity index (χ4v) is 2.18. The number of nitrogens with one attached hydrogen (secondary N) is 1. The molecule has 4 nitrogen and oxygen atoms in total. The molecule has 18 heavy (non-hydrogen) atoms. The third-order valence-corrected chi connectivity index (χ3v) is 3.10. The fraction of sp³-hybridized carbons (Fsp3) is 0.154. The molecule has 0 atom stereocenters. The molecule has 0 spiro atoms. The summed E-state index contributed by atoms with van der Waals surface area (Å²) < 4.78 is 0. The Labute approximate surface area is 110 Å². The summed E-state index contributed by atoms with van der Waals surface area (Å²) in [6, 6.07) is 5.84. The quantitative estimate of drug-likeness (QED) is 0.842. The van der Waals surface area contributed by atoms with Crippen molar-refractivity contribution < 1.29 is 0 Å². The minimum absolute atomic E-state index is 0.423. The van der Waals surface area contributed by atoms with E-state index >= 15 is 0 Å². The smallest absolute Gasteiger partial charge is 0.135 e. The predicted molar refractivity (Wildman–Crippen MR) is 72.8 cm³/mol. The van der Waals surface area contributed by atoms with Gasteiger partial charge in [-0.25, -0.2) is 9.97 Å². The summed E-state index contributed by atoms with van der Waals surface area (Å²) in [5.41, 5.74) is 4.67. The van der Waals surface area contributed by atoms with E-state index in [1.807, 2.05) is 6.21 Å². The number of hydrogen-bond donors (Lipinski definition) is 1. The first-order chi connectivity index (χ1) is 8.72. The molecule has 0 fully saturated rings. The molecular formula is C13H11ClN4. The van der Waals surface area contributed by atoms with Crippen molar-refractivity contribution in [1.82, 2.24) is 9.97 Å². The molecule has 1 N–H and O–H groups in total. The zero-order chi connectivity index (χ0) is 12.5. The van der Waals surface area contributed by atoms with Gasteiger partial charge >= 0.3 is 0 Å². The Morgan fingerprint density at radius 3 is 2.94 bits per heavy atom. The summed E-state index contributed by atoms with van der Waals surface area (Å²) in [5.74, 6) is 0.685. The number of nitrogens with zero attached hydrogens (tertiary/aromatic N) is 3. The fourth-order valence-electron chi connectivity index (χ4n) is 2.03. The van der Waals surface area contributed by atoms with Gasteiger partial charge < -0.3 is 5.32 Å². The maximum Gasteiger partial charge on any atom is 0.135 e. The third kappa shape index (κ3) is 2.07. The highest BCUT2D eigenvalue weighted by molar-refractivity contribution is 6.29. The zero-order valence-electron chi connectivity index (χ0n) is 9.81. The molecule has 1 aromatic heterocycles. The molecule has 3 rings (SSSR count). The molecule has 2 aromatic rings. The van der Waals surface area contributed by atoms with Crippen molar-refractivity contribution in [2.45, 2.75) is 13.5 Å². The lowest BCUT2D eigenvalue weighted by atomic mass is 10.0. The number of hydrogen-bond acceptors (Lipinski definition) is 4. The number of aryl methyl sites for hydroxylation is 1. The number of rotatable bonds is 2. The molecule has 0 aliphatic carbocycles. The van der Waals surface area contributed by atoms with E-state index in [-0.39, 0.29) is 0 Å². The molecule has 0 saturated carbocycles. The van der Waals surface area contributed by atoms with Crippen LogP contribution >= 0.6 is 11.6 Å². The van der Waals surface area contributed by atoms with Gasteiger partial charge in [0.15, 0.2) is 0 Å². The highest BCUT2D eigenvalue weighted by atomic mass is 35.5. The standard InChI is InChI=1S/C13H11ClN4/c1-8-2-10(3-9-5-15-6-11(8)9)18-13-4-12(14)16-7-17-13/h2-5,7H,6H2,1H3,(H,16,17,18). The van der Waals surface area contributed by atoms with Crippen molar-refractivity contribution in [2.75, 3.05) is 5.32 Å². The first-order valence-corrected chi connectivity index (χ1v) is 5.98. The van der Waals surface area contributed by atoms with E-state index in [1.54, 1.807) is 6.07 Å². The summed E-state index contributed by atoms with van der Waals surface area (Å²) in [7, 11) is 0. The Morgan fingerprint density at radius 1 is 1.22 bits per heavy atom. The molecular weight excluding hydrogens is 248 g/mol. The van der Waals surface area contributed by atoms with Gasteiger partial charge in [0.25, 0.3) is 0 Å². The minimum Gasteiger partial charge on any atom is -0.340 e. The summed E-state index contributed by atoms with van der Waals surface area (Å²) in [6.07, 6.45) is 3.34. The minimum atomic E-state index is 0.423. The van der Waals surface area contributed by atoms with Gasteiger partial charge in [-0.05, 0) is 35.7 Å². The molecule has 1 aliphatic heterocycles. The van der Waals surface area contributed by atoms with E-state index in [2.05, 4.69) is 39.3 Å². The second-order valence-corrected chi connectivity index (χ2v) is 4.57. The van der Waals surface area contributed by atoms with Gasteiger partial charge in [-0.15, -0.1) is 0 Å². The predicted octanol–water partition coefficient (Wildman–Crippen LogP) is 3.11.